The van der Waals surface area contributed by atoms with E-state index in [9.17, 15) is 14.4 Å². The number of carbonyl (C=O) groups excluding carboxylic acids is 3. The number of benzene rings is 2. The first-order valence-electron chi connectivity index (χ1n) is 9.35. The van der Waals surface area contributed by atoms with Gasteiger partial charge in [-0.25, -0.2) is 0 Å². The highest BCUT2D eigenvalue weighted by molar-refractivity contribution is 5.94. The van der Waals surface area contributed by atoms with Crippen molar-refractivity contribution in [3.63, 3.8) is 0 Å². The lowest BCUT2D eigenvalue weighted by Crippen LogP contribution is -2.51. The van der Waals surface area contributed by atoms with Gasteiger partial charge in [0.25, 0.3) is 0 Å². The number of hydrogen-bond donors (Lipinski definition) is 1. The first kappa shape index (κ1) is 19.6. The lowest BCUT2D eigenvalue weighted by atomic mass is 9.93. The van der Waals surface area contributed by atoms with E-state index in [1.54, 1.807) is 29.2 Å². The van der Waals surface area contributed by atoms with Crippen LogP contribution in [0, 0.1) is 0 Å². The van der Waals surface area contributed by atoms with Crippen molar-refractivity contribution in [3.8, 4) is 5.75 Å². The Hall–Kier alpha value is -3.15. The first-order chi connectivity index (χ1) is 13.5. The van der Waals surface area contributed by atoms with Crippen molar-refractivity contribution >= 4 is 17.6 Å². The van der Waals surface area contributed by atoms with E-state index in [-0.39, 0.29) is 18.1 Å². The minimum absolute atomic E-state index is 0.00394. The van der Waals surface area contributed by atoms with Gasteiger partial charge in [0.15, 0.2) is 5.78 Å². The molecule has 2 N–H and O–H groups in total. The summed E-state index contributed by atoms with van der Waals surface area (Å²) in [5.74, 6) is 0.0714. The van der Waals surface area contributed by atoms with Crippen LogP contribution < -0.4 is 10.5 Å². The number of ether oxygens (including phenoxy) is 1. The van der Waals surface area contributed by atoms with Crippen molar-refractivity contribution in [2.45, 2.75) is 38.8 Å². The zero-order chi connectivity index (χ0) is 20.1. The van der Waals surface area contributed by atoms with E-state index >= 15 is 0 Å². The molecule has 0 saturated heterocycles. The largest absolute Gasteiger partial charge is 0.494 e. The molecular weight excluding hydrogens is 356 g/mol. The van der Waals surface area contributed by atoms with Gasteiger partial charge >= 0.3 is 0 Å². The minimum atomic E-state index is -0.609. The Morgan fingerprint density at radius 1 is 1.07 bits per heavy atom. The van der Waals surface area contributed by atoms with Gasteiger partial charge in [-0.2, -0.15) is 0 Å². The maximum atomic E-state index is 12.7. The zero-order valence-electron chi connectivity index (χ0n) is 15.9. The molecule has 1 aliphatic heterocycles. The Balaban J connectivity index is 1.53. The van der Waals surface area contributed by atoms with Crippen LogP contribution in [0.15, 0.2) is 48.5 Å². The summed E-state index contributed by atoms with van der Waals surface area (Å²) in [7, 11) is 0. The predicted molar refractivity (Wildman–Crippen MR) is 105 cm³/mol. The molecule has 0 aromatic heterocycles. The molecule has 28 heavy (non-hydrogen) atoms. The summed E-state index contributed by atoms with van der Waals surface area (Å²) in [4.78, 5) is 37.4. The maximum Gasteiger partial charge on any atom is 0.240 e. The van der Waals surface area contributed by atoms with Gasteiger partial charge in [0.1, 0.15) is 11.8 Å². The summed E-state index contributed by atoms with van der Waals surface area (Å²) in [6.07, 6.45) is 1.25. The minimum Gasteiger partial charge on any atom is -0.494 e. The number of rotatable bonds is 7. The van der Waals surface area contributed by atoms with E-state index in [0.717, 1.165) is 11.1 Å². The smallest absolute Gasteiger partial charge is 0.240 e. The maximum absolute atomic E-state index is 12.7. The number of amides is 2. The quantitative estimate of drug-likeness (QED) is 0.590. The Morgan fingerprint density at radius 2 is 1.75 bits per heavy atom. The lowest BCUT2D eigenvalue weighted by molar-refractivity contribution is -0.140. The number of nitrogens with zero attached hydrogens (tertiary/aromatic N) is 1. The number of primary amides is 1. The van der Waals surface area contributed by atoms with E-state index < -0.39 is 11.9 Å². The predicted octanol–water partition coefficient (Wildman–Crippen LogP) is 2.49. The Morgan fingerprint density at radius 3 is 2.39 bits per heavy atom. The molecule has 0 aliphatic carbocycles. The number of fused-ring (bicyclic) bond motifs is 1. The summed E-state index contributed by atoms with van der Waals surface area (Å²) in [6.45, 7) is 2.28. The van der Waals surface area contributed by atoms with E-state index in [4.69, 9.17) is 10.5 Å². The molecule has 1 unspecified atom stereocenters. The van der Waals surface area contributed by atoms with Crippen molar-refractivity contribution in [2.75, 3.05) is 6.61 Å². The van der Waals surface area contributed by atoms with E-state index in [2.05, 4.69) is 0 Å². The van der Waals surface area contributed by atoms with Crippen molar-refractivity contribution in [1.82, 2.24) is 4.90 Å². The average molecular weight is 380 g/mol. The molecule has 1 aliphatic rings. The van der Waals surface area contributed by atoms with Crippen LogP contribution in [-0.2, 0) is 22.6 Å². The number of Topliss-reactive ketones (excluding diaryl/α,β-unsaturated/α-hetero) is 1. The van der Waals surface area contributed by atoms with Crippen molar-refractivity contribution in [3.05, 3.63) is 65.2 Å². The molecule has 0 fully saturated rings. The topological polar surface area (TPSA) is 89.7 Å². The molecular formula is C22H24N2O4. The van der Waals surface area contributed by atoms with Crippen LogP contribution in [0.4, 0.5) is 0 Å². The second-order valence-electron chi connectivity index (χ2n) is 6.95. The van der Waals surface area contributed by atoms with Gasteiger partial charge in [-0.1, -0.05) is 24.3 Å². The Kier molecular flexibility index (Phi) is 6.09. The highest BCUT2D eigenvalue weighted by atomic mass is 16.5. The van der Waals surface area contributed by atoms with Gasteiger partial charge in [0.05, 0.1) is 6.61 Å². The molecule has 0 bridgehead atoms. The van der Waals surface area contributed by atoms with Crippen LogP contribution in [0.5, 0.6) is 5.75 Å². The van der Waals surface area contributed by atoms with Gasteiger partial charge in [-0.15, -0.1) is 0 Å². The molecule has 146 valence electrons. The monoisotopic (exact) mass is 380 g/mol. The third-order valence-electron chi connectivity index (χ3n) is 4.96. The van der Waals surface area contributed by atoms with Crippen LogP contribution in [0.25, 0.3) is 0 Å². The van der Waals surface area contributed by atoms with Crippen molar-refractivity contribution in [2.24, 2.45) is 5.73 Å². The second kappa shape index (κ2) is 8.69. The number of hydrogen-bond acceptors (Lipinski definition) is 4. The molecule has 0 saturated carbocycles. The van der Waals surface area contributed by atoms with Crippen LogP contribution >= 0.6 is 0 Å². The number of carbonyl (C=O) groups is 3. The first-order valence-corrected chi connectivity index (χ1v) is 9.35. The Labute approximate surface area is 164 Å². The van der Waals surface area contributed by atoms with Crippen LogP contribution in [-0.4, -0.2) is 35.1 Å². The van der Waals surface area contributed by atoms with Crippen molar-refractivity contribution in [1.29, 1.82) is 0 Å². The third-order valence-corrected chi connectivity index (χ3v) is 4.96. The van der Waals surface area contributed by atoms with E-state index in [1.807, 2.05) is 24.3 Å². The average Bonchev–Trinajstić information content (AvgIpc) is 2.70. The summed E-state index contributed by atoms with van der Waals surface area (Å²) in [6, 6.07) is 14.1. The summed E-state index contributed by atoms with van der Waals surface area (Å²) in [5, 5.41) is 0. The molecule has 0 radical (unpaired) electrons. The molecule has 3 rings (SSSR count). The molecule has 1 atom stereocenters. The second-order valence-corrected chi connectivity index (χ2v) is 6.95. The van der Waals surface area contributed by atoms with E-state index in [1.165, 1.54) is 6.92 Å². The summed E-state index contributed by atoms with van der Waals surface area (Å²) in [5.41, 5.74) is 8.28. The van der Waals surface area contributed by atoms with Gasteiger partial charge < -0.3 is 15.4 Å². The number of ketones is 1. The van der Waals surface area contributed by atoms with Gasteiger partial charge in [-0.3, -0.25) is 14.4 Å². The molecule has 2 aromatic carbocycles. The molecule has 2 amide bonds. The highest BCUT2D eigenvalue weighted by Gasteiger charge is 2.32. The van der Waals surface area contributed by atoms with Crippen molar-refractivity contribution < 1.29 is 19.1 Å². The van der Waals surface area contributed by atoms with Gasteiger partial charge in [0, 0.05) is 24.9 Å². The summed E-state index contributed by atoms with van der Waals surface area (Å²) < 4.78 is 5.64. The molecule has 6 heteroatoms. The Bertz CT molecular complexity index is 876. The van der Waals surface area contributed by atoms with Crippen LogP contribution in [0.1, 0.15) is 41.3 Å². The molecule has 2 aromatic rings. The highest BCUT2D eigenvalue weighted by Crippen LogP contribution is 2.24. The fourth-order valence-corrected chi connectivity index (χ4v) is 3.38. The SMILES string of the molecule is CC(=O)c1ccc(OCCCC(=O)N2Cc3ccccc3CC2C(N)=O)cc1. The normalized spacial score (nSPS) is 15.6. The third kappa shape index (κ3) is 4.57. The molecule has 1 heterocycles. The number of nitrogens with two attached hydrogens (primary N) is 1. The zero-order valence-corrected chi connectivity index (χ0v) is 15.9. The standard InChI is InChI=1S/C22H24N2O4/c1-15(25)16-8-10-19(11-9-16)28-12-4-7-21(26)24-14-18-6-3-2-5-17(18)13-20(24)22(23)27/h2-3,5-6,8-11,20H,4,7,12-14H2,1H3,(H2,23,27). The van der Waals surface area contributed by atoms with Gasteiger partial charge in [-0.05, 0) is 48.7 Å². The molecule has 0 spiro atoms. The van der Waals surface area contributed by atoms with Crippen LogP contribution in [0.2, 0.25) is 0 Å². The van der Waals surface area contributed by atoms with Gasteiger partial charge in [0.2, 0.25) is 11.8 Å². The summed E-state index contributed by atoms with van der Waals surface area (Å²) >= 11 is 0. The fourth-order valence-electron chi connectivity index (χ4n) is 3.38. The molecule has 6 nitrogen and oxygen atoms in total. The van der Waals surface area contributed by atoms with E-state index in [0.29, 0.717) is 37.3 Å². The lowest BCUT2D eigenvalue weighted by Gasteiger charge is -2.35. The fraction of sp³-hybridized carbons (Fsp3) is 0.318. The van der Waals surface area contributed by atoms with Crippen LogP contribution in [0.3, 0.4) is 0 Å².